The maximum Gasteiger partial charge on any atom is 0.337 e. The second kappa shape index (κ2) is 9.38. The zero-order valence-corrected chi connectivity index (χ0v) is 23.8. The molecule has 0 amide bonds. The van der Waals surface area contributed by atoms with Crippen LogP contribution in [0.2, 0.25) is 0 Å². The molecule has 0 saturated heterocycles. The average molecular weight is 561 g/mol. The van der Waals surface area contributed by atoms with E-state index in [1.54, 1.807) is 6.92 Å². The van der Waals surface area contributed by atoms with Gasteiger partial charge in [-0.1, -0.05) is 36.4 Å². The molecule has 0 spiro atoms. The van der Waals surface area contributed by atoms with Crippen molar-refractivity contribution < 1.29 is 27.8 Å². The number of hydrogen-bond donors (Lipinski definition) is 2. The highest BCUT2D eigenvalue weighted by Crippen LogP contribution is 2.49. The Morgan fingerprint density at radius 3 is 2.55 bits per heavy atom. The number of carboxylic acid groups (broad SMARTS) is 1. The third-order valence-electron chi connectivity index (χ3n) is 7.43. The molecule has 1 aromatic heterocycles. The number of nitrogens with zero attached hydrogens (tertiary/aromatic N) is 1. The fourth-order valence-electron chi connectivity index (χ4n) is 5.86. The van der Waals surface area contributed by atoms with Crippen LogP contribution in [0.15, 0.2) is 54.6 Å². The van der Waals surface area contributed by atoms with Gasteiger partial charge >= 0.3 is 5.97 Å². The minimum absolute atomic E-state index is 0.245. The normalized spacial score (nSPS) is 16.6. The molecular formula is C31H32N2O6S. The van der Waals surface area contributed by atoms with Crippen molar-refractivity contribution in [2.24, 2.45) is 0 Å². The summed E-state index contributed by atoms with van der Waals surface area (Å²) in [6.45, 7) is 7.86. The zero-order chi connectivity index (χ0) is 28.4. The molecular weight excluding hydrogens is 528 g/mol. The fourth-order valence-corrected chi connectivity index (χ4v) is 7.09. The van der Waals surface area contributed by atoms with Gasteiger partial charge in [0.25, 0.3) is 10.0 Å². The Morgan fingerprint density at radius 1 is 1.10 bits per heavy atom. The summed E-state index contributed by atoms with van der Waals surface area (Å²) >= 11 is 0. The summed E-state index contributed by atoms with van der Waals surface area (Å²) in [4.78, 5) is 12.8. The number of carboxylic acids is 1. The first kappa shape index (κ1) is 26.4. The van der Waals surface area contributed by atoms with Crippen molar-refractivity contribution in [2.75, 3.05) is 11.3 Å². The maximum absolute atomic E-state index is 13.2. The molecule has 3 aromatic carbocycles. The summed E-state index contributed by atoms with van der Waals surface area (Å²) in [6, 6.07) is 17.6. The van der Waals surface area contributed by atoms with E-state index in [0.29, 0.717) is 23.4 Å². The van der Waals surface area contributed by atoms with Gasteiger partial charge in [-0.3, -0.25) is 4.72 Å². The van der Waals surface area contributed by atoms with Crippen molar-refractivity contribution in [3.63, 3.8) is 0 Å². The third-order valence-corrected chi connectivity index (χ3v) is 8.55. The van der Waals surface area contributed by atoms with E-state index in [1.807, 2.05) is 73.9 Å². The SMILES string of the molecule is Cc1c(C(OC(C)(C)C)C(=O)O)c(-c2ccc3c(c2)CCCO3)c2cc(-c3ccccc3)n3c2c1NS(=O)(=O)C3. The van der Waals surface area contributed by atoms with Crippen LogP contribution in [0.4, 0.5) is 5.69 Å². The third kappa shape index (κ3) is 4.53. The molecule has 1 atom stereocenters. The second-order valence-electron chi connectivity index (χ2n) is 11.4. The number of rotatable bonds is 5. The molecule has 6 rings (SSSR count). The number of aliphatic carboxylic acids is 1. The maximum atomic E-state index is 13.2. The highest BCUT2D eigenvalue weighted by atomic mass is 32.2. The Bertz CT molecular complexity index is 1770. The van der Waals surface area contributed by atoms with Gasteiger partial charge in [-0.25, -0.2) is 13.2 Å². The number of nitrogens with one attached hydrogen (secondary N) is 1. The molecule has 2 aliphatic heterocycles. The molecule has 0 fully saturated rings. The Hall–Kier alpha value is -3.82. The number of hydrogen-bond acceptors (Lipinski definition) is 5. The monoisotopic (exact) mass is 560 g/mol. The smallest absolute Gasteiger partial charge is 0.337 e. The summed E-state index contributed by atoms with van der Waals surface area (Å²) in [7, 11) is -3.74. The van der Waals surface area contributed by atoms with Crippen LogP contribution >= 0.6 is 0 Å². The molecule has 0 saturated carbocycles. The van der Waals surface area contributed by atoms with Gasteiger partial charge in [0.1, 0.15) is 11.6 Å². The predicted octanol–water partition coefficient (Wildman–Crippen LogP) is 6.26. The van der Waals surface area contributed by atoms with Gasteiger partial charge in [0.15, 0.2) is 6.10 Å². The zero-order valence-electron chi connectivity index (χ0n) is 22.9. The highest BCUT2D eigenvalue weighted by molar-refractivity contribution is 7.91. The lowest BCUT2D eigenvalue weighted by molar-refractivity contribution is -0.160. The number of benzene rings is 3. The van der Waals surface area contributed by atoms with Crippen molar-refractivity contribution in [3.05, 3.63) is 71.3 Å². The summed E-state index contributed by atoms with van der Waals surface area (Å²) in [6.07, 6.45) is 0.422. The molecule has 3 heterocycles. The number of aryl methyl sites for hydroxylation is 1. The topological polar surface area (TPSA) is 107 Å². The number of anilines is 1. The number of fused-ring (bicyclic) bond motifs is 1. The molecule has 208 valence electrons. The van der Waals surface area contributed by atoms with Crippen molar-refractivity contribution in [1.82, 2.24) is 4.57 Å². The first-order chi connectivity index (χ1) is 18.9. The van der Waals surface area contributed by atoms with Crippen LogP contribution in [0, 0.1) is 6.92 Å². The lowest BCUT2D eigenvalue weighted by atomic mass is 9.86. The average Bonchev–Trinajstić information content (AvgIpc) is 3.27. The van der Waals surface area contributed by atoms with Gasteiger partial charge in [0.05, 0.1) is 29.1 Å². The van der Waals surface area contributed by atoms with Crippen LogP contribution in [0.5, 0.6) is 5.75 Å². The van der Waals surface area contributed by atoms with Crippen LogP contribution in [-0.2, 0) is 31.9 Å². The minimum atomic E-state index is -3.74. The van der Waals surface area contributed by atoms with Crippen molar-refractivity contribution >= 4 is 32.6 Å². The van der Waals surface area contributed by atoms with E-state index < -0.39 is 27.7 Å². The van der Waals surface area contributed by atoms with E-state index >= 15 is 0 Å². The Labute approximate surface area is 233 Å². The molecule has 0 bridgehead atoms. The van der Waals surface area contributed by atoms with Crippen molar-refractivity contribution in [1.29, 1.82) is 0 Å². The van der Waals surface area contributed by atoms with Crippen molar-refractivity contribution in [3.8, 4) is 28.1 Å². The van der Waals surface area contributed by atoms with Crippen LogP contribution in [0.25, 0.3) is 33.3 Å². The van der Waals surface area contributed by atoms with Crippen molar-refractivity contribution in [2.45, 2.75) is 58.1 Å². The first-order valence-electron chi connectivity index (χ1n) is 13.4. The minimum Gasteiger partial charge on any atom is -0.493 e. The molecule has 0 aliphatic carbocycles. The molecule has 8 nitrogen and oxygen atoms in total. The van der Waals surface area contributed by atoms with E-state index in [4.69, 9.17) is 9.47 Å². The van der Waals surface area contributed by atoms with Gasteiger partial charge in [-0.2, -0.15) is 0 Å². The molecule has 1 unspecified atom stereocenters. The quantitative estimate of drug-likeness (QED) is 0.298. The fraction of sp³-hybridized carbons (Fsp3) is 0.323. The molecule has 0 radical (unpaired) electrons. The Morgan fingerprint density at radius 2 is 1.85 bits per heavy atom. The van der Waals surface area contributed by atoms with Gasteiger partial charge in [0.2, 0.25) is 0 Å². The number of carbonyl (C=O) groups is 1. The molecule has 40 heavy (non-hydrogen) atoms. The Kier molecular flexibility index (Phi) is 6.19. The summed E-state index contributed by atoms with van der Waals surface area (Å²) in [5, 5.41) is 11.2. The summed E-state index contributed by atoms with van der Waals surface area (Å²) < 4.78 is 42.9. The van der Waals surface area contributed by atoms with Crippen LogP contribution in [0.3, 0.4) is 0 Å². The largest absolute Gasteiger partial charge is 0.493 e. The number of ether oxygens (including phenoxy) is 2. The summed E-state index contributed by atoms with van der Waals surface area (Å²) in [5.74, 6) is -0.558. The lowest BCUT2D eigenvalue weighted by Crippen LogP contribution is -2.29. The molecule has 2 aliphatic rings. The molecule has 2 N–H and O–H groups in total. The standard InChI is InChI=1S/C31H32N2O6S/c1-18-25(29(30(34)35)39-31(2,3)4)26(21-12-13-24-20(15-21)11-8-14-38-24)22-16-23(19-9-6-5-7-10-19)33-17-40(36,37)32-27(18)28(22)33/h5-7,9-10,12-13,15-16,29,32H,8,11,14,17H2,1-4H3,(H,34,35). The predicted molar refractivity (Wildman–Crippen MR) is 155 cm³/mol. The first-order valence-corrected chi connectivity index (χ1v) is 15.0. The molecule has 4 aromatic rings. The lowest BCUT2D eigenvalue weighted by Gasteiger charge is -2.31. The number of aromatic nitrogens is 1. The van der Waals surface area contributed by atoms with E-state index in [-0.39, 0.29) is 5.88 Å². The van der Waals surface area contributed by atoms with Gasteiger partial charge < -0.3 is 19.1 Å². The van der Waals surface area contributed by atoms with E-state index in [1.165, 1.54) is 0 Å². The van der Waals surface area contributed by atoms with Crippen LogP contribution < -0.4 is 9.46 Å². The molecule has 9 heteroatoms. The van der Waals surface area contributed by atoms with Crippen LogP contribution in [-0.4, -0.2) is 36.3 Å². The van der Waals surface area contributed by atoms with E-state index in [9.17, 15) is 18.3 Å². The van der Waals surface area contributed by atoms with Gasteiger partial charge in [0, 0.05) is 10.9 Å². The van der Waals surface area contributed by atoms with E-state index in [2.05, 4.69) is 10.8 Å². The highest BCUT2D eigenvalue weighted by Gasteiger charge is 2.37. The van der Waals surface area contributed by atoms with Crippen LogP contribution in [0.1, 0.15) is 50.0 Å². The van der Waals surface area contributed by atoms with E-state index in [0.717, 1.165) is 57.4 Å². The van der Waals surface area contributed by atoms with Gasteiger partial charge in [-0.05, 0) is 86.6 Å². The number of sulfonamides is 1. The Balaban J connectivity index is 1.75. The summed E-state index contributed by atoms with van der Waals surface area (Å²) in [5.41, 5.74) is 5.51. The second-order valence-corrected chi connectivity index (χ2v) is 13.1. The van der Waals surface area contributed by atoms with Gasteiger partial charge in [-0.15, -0.1) is 0 Å².